The fourth-order valence-corrected chi connectivity index (χ4v) is 8.22. The van der Waals surface area contributed by atoms with Gasteiger partial charge >= 0.3 is 5.97 Å². The molecule has 57 heavy (non-hydrogen) atoms. The summed E-state index contributed by atoms with van der Waals surface area (Å²) in [6.07, 6.45) is 5.88. The van der Waals surface area contributed by atoms with Crippen LogP contribution in [0, 0.1) is 19.8 Å². The molecular weight excluding hydrogens is 725 g/mol. The summed E-state index contributed by atoms with van der Waals surface area (Å²) in [5.74, 6) is 1.48. The average Bonchev–Trinajstić information content (AvgIpc) is 3.84. The molecule has 0 unspecified atom stereocenters. The predicted molar refractivity (Wildman–Crippen MR) is 221 cm³/mol. The summed E-state index contributed by atoms with van der Waals surface area (Å²) < 4.78 is 24.1. The number of piperazine rings is 1. The lowest BCUT2D eigenvalue weighted by Crippen LogP contribution is -2.47. The first-order valence-corrected chi connectivity index (χ1v) is 20.8. The minimum Gasteiger partial charge on any atom is -0.469 e. The van der Waals surface area contributed by atoms with Gasteiger partial charge in [0, 0.05) is 86.8 Å². The van der Waals surface area contributed by atoms with Crippen molar-refractivity contribution in [3.8, 4) is 5.69 Å². The summed E-state index contributed by atoms with van der Waals surface area (Å²) >= 11 is 0. The molecule has 0 spiro atoms. The van der Waals surface area contributed by atoms with E-state index in [4.69, 9.17) is 34.6 Å². The molecule has 0 aliphatic carbocycles. The van der Waals surface area contributed by atoms with E-state index in [-0.39, 0.29) is 11.9 Å². The number of ether oxygens (including phenoxy) is 4. The molecule has 3 aliphatic rings. The molecule has 15 heteroatoms. The fourth-order valence-electron chi connectivity index (χ4n) is 8.22. The number of carbonyl (C=O) groups is 1. The Morgan fingerprint density at radius 1 is 0.965 bits per heavy atom. The predicted octanol–water partition coefficient (Wildman–Crippen LogP) is 5.33. The molecule has 2 aromatic heterocycles. The lowest BCUT2D eigenvalue weighted by atomic mass is 9.93. The molecular formula is C42H62N10O5. The zero-order valence-electron chi connectivity index (χ0n) is 34.2. The highest BCUT2D eigenvalue weighted by molar-refractivity contribution is 5.71. The van der Waals surface area contributed by atoms with Crippen molar-refractivity contribution in [3.63, 3.8) is 0 Å². The number of nitrogens with one attached hydrogen (secondary N) is 1. The Kier molecular flexibility index (Phi) is 16.4. The van der Waals surface area contributed by atoms with Crippen LogP contribution >= 0.6 is 0 Å². The van der Waals surface area contributed by atoms with Gasteiger partial charge in [-0.15, -0.1) is 0 Å². The molecule has 2 saturated heterocycles. The van der Waals surface area contributed by atoms with E-state index in [1.54, 1.807) is 0 Å². The number of esters is 1. The molecule has 0 amide bonds. The number of hydrogen-bond acceptors (Lipinski definition) is 12. The minimum absolute atomic E-state index is 0.0145. The number of benzene rings is 1. The number of azide groups is 1. The van der Waals surface area contributed by atoms with Crippen molar-refractivity contribution in [1.82, 2.24) is 24.6 Å². The molecule has 2 atom stereocenters. The van der Waals surface area contributed by atoms with Crippen LogP contribution in [-0.2, 0) is 36.6 Å². The average molecular weight is 787 g/mol. The van der Waals surface area contributed by atoms with Crippen LogP contribution in [0.2, 0.25) is 0 Å². The third kappa shape index (κ3) is 12.9. The van der Waals surface area contributed by atoms with Gasteiger partial charge in [0.1, 0.15) is 5.82 Å². The first-order valence-electron chi connectivity index (χ1n) is 20.8. The molecule has 3 aliphatic heterocycles. The van der Waals surface area contributed by atoms with Gasteiger partial charge in [-0.05, 0) is 105 Å². The lowest BCUT2D eigenvalue weighted by molar-refractivity contribution is -0.141. The van der Waals surface area contributed by atoms with Crippen LogP contribution in [0.5, 0.6) is 0 Å². The molecule has 0 saturated carbocycles. The number of carbonyl (C=O) groups excluding carboxylic acids is 1. The summed E-state index contributed by atoms with van der Waals surface area (Å²) in [7, 11) is 1.49. The maximum Gasteiger partial charge on any atom is 0.306 e. The minimum atomic E-state index is -0.184. The van der Waals surface area contributed by atoms with Crippen LogP contribution in [-0.4, -0.2) is 143 Å². The monoisotopic (exact) mass is 786 g/mol. The van der Waals surface area contributed by atoms with Crippen molar-refractivity contribution < 1.29 is 23.7 Å². The molecule has 6 rings (SSSR count). The Hall–Kier alpha value is -4.24. The molecule has 2 fully saturated rings. The smallest absolute Gasteiger partial charge is 0.306 e. The standard InChI is InChI=1S/C42H62N10O5/c1-32-25-33(2)52(47-32)40-27-36(26-39(29-40)51-16-14-49(15-17-51)18-20-56-22-24-57-23-21-55-19-12-45-48-43)37(28-41(53)54-3)31-50-13-10-34(30-50)6-8-38-9-7-35-5-4-11-44-42(35)46-38/h7,9,25-27,29,34,37H,4-6,8,10-24,28,30-31H2,1-3H3,(H,44,46)/t34-,37-/m1/s1. The van der Waals surface area contributed by atoms with Gasteiger partial charge < -0.3 is 34.1 Å². The van der Waals surface area contributed by atoms with Crippen LogP contribution in [0.4, 0.5) is 11.5 Å². The van der Waals surface area contributed by atoms with Gasteiger partial charge in [0.2, 0.25) is 0 Å². The summed E-state index contributed by atoms with van der Waals surface area (Å²) in [6.45, 7) is 15.9. The molecule has 0 bridgehead atoms. The van der Waals surface area contributed by atoms with Gasteiger partial charge in [0.25, 0.3) is 0 Å². The van der Waals surface area contributed by atoms with Crippen LogP contribution in [0.25, 0.3) is 16.1 Å². The summed E-state index contributed by atoms with van der Waals surface area (Å²) in [5.41, 5.74) is 16.2. The van der Waals surface area contributed by atoms with Crippen molar-refractivity contribution in [2.24, 2.45) is 11.0 Å². The van der Waals surface area contributed by atoms with E-state index < -0.39 is 0 Å². The number of nitrogens with zero attached hydrogens (tertiary/aromatic N) is 9. The van der Waals surface area contributed by atoms with Crippen LogP contribution in [0.1, 0.15) is 59.8 Å². The second kappa shape index (κ2) is 22.1. The van der Waals surface area contributed by atoms with Crippen molar-refractivity contribution in [1.29, 1.82) is 0 Å². The number of methoxy groups -OCH3 is 1. The van der Waals surface area contributed by atoms with Crippen molar-refractivity contribution in [3.05, 3.63) is 75.0 Å². The number of anilines is 2. The zero-order valence-corrected chi connectivity index (χ0v) is 34.2. The van der Waals surface area contributed by atoms with E-state index in [0.29, 0.717) is 58.5 Å². The normalized spacial score (nSPS) is 17.9. The first-order chi connectivity index (χ1) is 27.9. The van der Waals surface area contributed by atoms with Gasteiger partial charge in [-0.2, -0.15) is 5.10 Å². The van der Waals surface area contributed by atoms with Crippen LogP contribution in [0.3, 0.4) is 0 Å². The van der Waals surface area contributed by atoms with Gasteiger partial charge in [0.05, 0.1) is 64.6 Å². The highest BCUT2D eigenvalue weighted by atomic mass is 16.5. The van der Waals surface area contributed by atoms with Crippen molar-refractivity contribution in [2.45, 2.75) is 58.3 Å². The Labute approximate surface area is 337 Å². The summed E-state index contributed by atoms with van der Waals surface area (Å²) in [5, 5.41) is 11.8. The maximum absolute atomic E-state index is 12.9. The molecule has 0 radical (unpaired) electrons. The molecule has 1 N–H and O–H groups in total. The van der Waals surface area contributed by atoms with Crippen LogP contribution in [0.15, 0.2) is 41.5 Å². The second-order valence-corrected chi connectivity index (χ2v) is 15.5. The Balaban J connectivity index is 1.04. The van der Waals surface area contributed by atoms with Crippen molar-refractivity contribution >= 4 is 17.5 Å². The van der Waals surface area contributed by atoms with Gasteiger partial charge in [-0.3, -0.25) is 9.69 Å². The summed E-state index contributed by atoms with van der Waals surface area (Å²) in [4.78, 5) is 28.0. The Morgan fingerprint density at radius 2 is 1.74 bits per heavy atom. The SMILES string of the molecule is COC(=O)C[C@H](CN1CC[C@@H](CCc2ccc3c(n2)NCCC3)C1)c1cc(N2CCN(CCOCCOCCOCCN=[N+]=[N-])CC2)cc(-n2nc(C)cc2C)c1. The van der Waals surface area contributed by atoms with Crippen LogP contribution < -0.4 is 10.2 Å². The van der Waals surface area contributed by atoms with Gasteiger partial charge in [0.15, 0.2) is 0 Å². The second-order valence-electron chi connectivity index (χ2n) is 15.5. The number of pyridine rings is 1. The maximum atomic E-state index is 12.9. The molecule has 3 aromatic rings. The molecule has 15 nitrogen and oxygen atoms in total. The third-order valence-corrected chi connectivity index (χ3v) is 11.3. The molecule has 310 valence electrons. The highest BCUT2D eigenvalue weighted by Crippen LogP contribution is 2.33. The largest absolute Gasteiger partial charge is 0.469 e. The molecule has 5 heterocycles. The fraction of sp³-hybridized carbons (Fsp3) is 0.643. The first kappa shape index (κ1) is 42.4. The number of hydrogen-bond donors (Lipinski definition) is 1. The number of aryl methyl sites for hydroxylation is 4. The van der Waals surface area contributed by atoms with E-state index in [1.807, 2.05) is 11.6 Å². The van der Waals surface area contributed by atoms with E-state index in [2.05, 4.69) is 73.4 Å². The Morgan fingerprint density at radius 3 is 2.49 bits per heavy atom. The molecule has 1 aromatic carbocycles. The topological polar surface area (TPSA) is 155 Å². The quantitative estimate of drug-likeness (QED) is 0.0463. The van der Waals surface area contributed by atoms with Gasteiger partial charge in [-0.1, -0.05) is 11.2 Å². The van der Waals surface area contributed by atoms with Gasteiger partial charge in [-0.25, -0.2) is 9.67 Å². The van der Waals surface area contributed by atoms with E-state index in [0.717, 1.165) is 119 Å². The van der Waals surface area contributed by atoms with Crippen molar-refractivity contribution in [2.75, 3.05) is 122 Å². The van der Waals surface area contributed by atoms with E-state index >= 15 is 0 Å². The summed E-state index contributed by atoms with van der Waals surface area (Å²) in [6, 6.07) is 13.4. The third-order valence-electron chi connectivity index (χ3n) is 11.3. The number of aromatic nitrogens is 3. The Bertz CT molecular complexity index is 1770. The van der Waals surface area contributed by atoms with E-state index in [9.17, 15) is 4.79 Å². The number of likely N-dealkylation sites (tertiary alicyclic amines) is 1. The highest BCUT2D eigenvalue weighted by Gasteiger charge is 2.28. The lowest BCUT2D eigenvalue weighted by Gasteiger charge is -2.36. The van der Waals surface area contributed by atoms with E-state index in [1.165, 1.54) is 24.8 Å². The number of rotatable bonds is 22. The number of fused-ring (bicyclic) bond motifs is 1. The zero-order chi connectivity index (χ0) is 39.8.